The van der Waals surface area contributed by atoms with Crippen LogP contribution in [0, 0.1) is 0 Å². The molecule has 0 aliphatic rings. The first kappa shape index (κ1) is 21.8. The van der Waals surface area contributed by atoms with E-state index in [0.29, 0.717) is 0 Å². The van der Waals surface area contributed by atoms with Crippen LogP contribution in [-0.4, -0.2) is 6.61 Å². The van der Waals surface area contributed by atoms with Gasteiger partial charge in [-0.3, -0.25) is 0 Å². The molecule has 0 saturated carbocycles. The minimum absolute atomic E-state index is 0.590. The summed E-state index contributed by atoms with van der Waals surface area (Å²) in [6, 6.07) is 31.8. The largest absolute Gasteiger partial charge is 0.361 e. The van der Waals surface area contributed by atoms with Crippen LogP contribution < -0.4 is 0 Å². The molecule has 0 heterocycles. The average molecular weight is 496 g/mol. The fourth-order valence-corrected chi connectivity index (χ4v) is 4.13. The van der Waals surface area contributed by atoms with E-state index in [0.717, 1.165) is 13.0 Å². The Kier molecular flexibility index (Phi) is 8.97. The molecule has 1 nitrogen and oxygen atoms in total. The molecule has 0 spiro atoms. The van der Waals surface area contributed by atoms with Gasteiger partial charge in [-0.15, -0.1) is 0 Å². The highest BCUT2D eigenvalue weighted by atomic mass is 127. The van der Waals surface area contributed by atoms with Crippen LogP contribution in [0.4, 0.5) is 0 Å². The quantitative estimate of drug-likeness (QED) is 0.149. The van der Waals surface area contributed by atoms with Crippen molar-refractivity contribution >= 4 is 22.6 Å². The molecular weight excluding hydrogens is 467 g/mol. The molecular formula is C27H29IO. The molecule has 0 fully saturated rings. The van der Waals surface area contributed by atoms with E-state index in [1.54, 1.807) is 0 Å². The zero-order chi connectivity index (χ0) is 20.2. The number of rotatable bonds is 11. The predicted octanol–water partition coefficient (Wildman–Crippen LogP) is 7.89. The molecule has 0 radical (unpaired) electrons. The van der Waals surface area contributed by atoms with Crippen LogP contribution in [0.3, 0.4) is 0 Å². The molecule has 29 heavy (non-hydrogen) atoms. The van der Waals surface area contributed by atoms with E-state index in [1.165, 1.54) is 42.4 Å². The highest BCUT2D eigenvalue weighted by Gasteiger charge is 2.37. The van der Waals surface area contributed by atoms with Gasteiger partial charge in [0.05, 0.1) is 0 Å². The Morgan fingerprint density at radius 3 is 1.52 bits per heavy atom. The Hall–Kier alpha value is -1.91. The fourth-order valence-electron chi connectivity index (χ4n) is 3.77. The van der Waals surface area contributed by atoms with E-state index in [4.69, 9.17) is 4.74 Å². The van der Waals surface area contributed by atoms with Gasteiger partial charge in [0.1, 0.15) is 5.60 Å². The smallest absolute Gasteiger partial charge is 0.143 e. The van der Waals surface area contributed by atoms with Crippen molar-refractivity contribution in [3.8, 4) is 0 Å². The van der Waals surface area contributed by atoms with Crippen LogP contribution in [0.15, 0.2) is 101 Å². The summed E-state index contributed by atoms with van der Waals surface area (Å²) < 4.78 is 8.91. The normalized spacial score (nSPS) is 11.8. The van der Waals surface area contributed by atoms with E-state index < -0.39 is 5.60 Å². The van der Waals surface area contributed by atoms with Crippen LogP contribution in [0.25, 0.3) is 0 Å². The first-order chi connectivity index (χ1) is 14.4. The Bertz CT molecular complexity index is 747. The SMILES string of the molecule is I/C=C/CCCCCCOC(c1ccccc1)(c1ccccc1)c1ccccc1. The number of benzene rings is 3. The molecule has 0 amide bonds. The Balaban J connectivity index is 1.85. The summed E-state index contributed by atoms with van der Waals surface area (Å²) >= 11 is 2.29. The molecule has 0 saturated heterocycles. The summed E-state index contributed by atoms with van der Waals surface area (Å²) in [5, 5.41) is 0. The van der Waals surface area contributed by atoms with Gasteiger partial charge < -0.3 is 4.74 Å². The summed E-state index contributed by atoms with van der Waals surface area (Å²) in [7, 11) is 0. The molecule has 3 rings (SSSR count). The first-order valence-corrected chi connectivity index (χ1v) is 11.7. The van der Waals surface area contributed by atoms with Gasteiger partial charge in [-0.2, -0.15) is 0 Å². The number of hydrogen-bond acceptors (Lipinski definition) is 1. The van der Waals surface area contributed by atoms with Crippen LogP contribution >= 0.6 is 22.6 Å². The maximum atomic E-state index is 6.80. The second kappa shape index (κ2) is 11.9. The number of ether oxygens (including phenoxy) is 1. The summed E-state index contributed by atoms with van der Waals surface area (Å²) in [6.07, 6.45) is 8.18. The zero-order valence-electron chi connectivity index (χ0n) is 16.8. The van der Waals surface area contributed by atoms with E-state index in [2.05, 4.69) is 124 Å². The van der Waals surface area contributed by atoms with Gasteiger partial charge in [0, 0.05) is 6.61 Å². The van der Waals surface area contributed by atoms with E-state index in [9.17, 15) is 0 Å². The highest BCUT2D eigenvalue weighted by Crippen LogP contribution is 2.40. The molecule has 0 N–H and O–H groups in total. The third kappa shape index (κ3) is 5.80. The van der Waals surface area contributed by atoms with E-state index >= 15 is 0 Å². The predicted molar refractivity (Wildman–Crippen MR) is 131 cm³/mol. The highest BCUT2D eigenvalue weighted by molar-refractivity contribution is 14.1. The first-order valence-electron chi connectivity index (χ1n) is 10.4. The lowest BCUT2D eigenvalue weighted by Gasteiger charge is -2.36. The van der Waals surface area contributed by atoms with Crippen molar-refractivity contribution in [2.24, 2.45) is 0 Å². The van der Waals surface area contributed by atoms with Gasteiger partial charge in [-0.05, 0) is 40.0 Å². The molecule has 0 bridgehead atoms. The third-order valence-electron chi connectivity index (χ3n) is 5.21. The third-order valence-corrected chi connectivity index (χ3v) is 5.72. The molecule has 0 aliphatic carbocycles. The number of allylic oxidation sites excluding steroid dienone is 1. The van der Waals surface area contributed by atoms with Crippen molar-refractivity contribution in [3.63, 3.8) is 0 Å². The molecule has 2 heteroatoms. The summed E-state index contributed by atoms with van der Waals surface area (Å²) in [5.41, 5.74) is 2.92. The standard InChI is InChI=1S/C27H29IO/c28-22-14-3-1-2-4-15-23-29-27(24-16-8-5-9-17-24,25-18-10-6-11-19-25)26-20-12-7-13-21-26/h5-14,16-22H,1-4,15,23H2/b22-14+. The number of halogens is 1. The lowest BCUT2D eigenvalue weighted by atomic mass is 9.80. The lowest BCUT2D eigenvalue weighted by Crippen LogP contribution is -2.33. The van der Waals surface area contributed by atoms with Gasteiger partial charge in [0.15, 0.2) is 0 Å². The molecule has 0 atom stereocenters. The van der Waals surface area contributed by atoms with Crippen LogP contribution in [0.1, 0.15) is 48.8 Å². The summed E-state index contributed by atoms with van der Waals surface area (Å²) in [4.78, 5) is 0. The molecule has 0 unspecified atom stereocenters. The molecule has 0 aromatic heterocycles. The topological polar surface area (TPSA) is 9.23 Å². The van der Waals surface area contributed by atoms with Crippen molar-refractivity contribution in [3.05, 3.63) is 118 Å². The van der Waals surface area contributed by atoms with E-state index in [1.807, 2.05) is 0 Å². The Morgan fingerprint density at radius 2 is 1.07 bits per heavy atom. The van der Waals surface area contributed by atoms with Crippen molar-refractivity contribution in [2.75, 3.05) is 6.61 Å². The lowest BCUT2D eigenvalue weighted by molar-refractivity contribution is 0.0106. The van der Waals surface area contributed by atoms with Gasteiger partial charge >= 0.3 is 0 Å². The summed E-state index contributed by atoms with van der Waals surface area (Å²) in [6.45, 7) is 0.737. The summed E-state index contributed by atoms with van der Waals surface area (Å²) in [5.74, 6) is 0. The fraction of sp³-hybridized carbons (Fsp3) is 0.259. The maximum Gasteiger partial charge on any atom is 0.143 e. The van der Waals surface area contributed by atoms with Gasteiger partial charge in [-0.1, -0.05) is 133 Å². The monoisotopic (exact) mass is 496 g/mol. The van der Waals surface area contributed by atoms with E-state index in [-0.39, 0.29) is 0 Å². The second-order valence-corrected chi connectivity index (χ2v) is 7.91. The van der Waals surface area contributed by atoms with Crippen LogP contribution in [0.2, 0.25) is 0 Å². The molecule has 3 aromatic carbocycles. The van der Waals surface area contributed by atoms with Crippen molar-refractivity contribution in [1.82, 2.24) is 0 Å². The van der Waals surface area contributed by atoms with Gasteiger partial charge in [-0.25, -0.2) is 0 Å². The second-order valence-electron chi connectivity index (χ2n) is 7.19. The molecule has 0 aliphatic heterocycles. The number of unbranched alkanes of at least 4 members (excludes halogenated alkanes) is 4. The Morgan fingerprint density at radius 1 is 0.621 bits per heavy atom. The van der Waals surface area contributed by atoms with Gasteiger partial charge in [0.2, 0.25) is 0 Å². The van der Waals surface area contributed by atoms with Crippen molar-refractivity contribution < 1.29 is 4.74 Å². The van der Waals surface area contributed by atoms with Crippen LogP contribution in [-0.2, 0) is 10.3 Å². The molecule has 150 valence electrons. The van der Waals surface area contributed by atoms with Crippen LogP contribution in [0.5, 0.6) is 0 Å². The van der Waals surface area contributed by atoms with Gasteiger partial charge in [0.25, 0.3) is 0 Å². The minimum atomic E-state index is -0.590. The maximum absolute atomic E-state index is 6.80. The average Bonchev–Trinajstić information content (AvgIpc) is 2.80. The zero-order valence-corrected chi connectivity index (χ0v) is 19.0. The minimum Gasteiger partial charge on any atom is -0.361 e. The Labute approximate surface area is 189 Å². The molecule has 3 aromatic rings. The van der Waals surface area contributed by atoms with Crippen molar-refractivity contribution in [2.45, 2.75) is 37.7 Å². The van der Waals surface area contributed by atoms with Crippen molar-refractivity contribution in [1.29, 1.82) is 0 Å². The number of hydrogen-bond donors (Lipinski definition) is 0.